The van der Waals surface area contributed by atoms with Crippen LogP contribution >= 0.6 is 0 Å². The van der Waals surface area contributed by atoms with E-state index in [0.717, 1.165) is 31.2 Å². The van der Waals surface area contributed by atoms with Gasteiger partial charge in [-0.25, -0.2) is 4.79 Å². The van der Waals surface area contributed by atoms with E-state index in [1.807, 2.05) is 48.5 Å². The van der Waals surface area contributed by atoms with Gasteiger partial charge in [0.25, 0.3) is 5.91 Å². The minimum Gasteiger partial charge on any atom is -0.481 e. The van der Waals surface area contributed by atoms with Gasteiger partial charge in [-0.1, -0.05) is 60.7 Å². The molecule has 0 atom stereocenters. The number of nitrogens with one attached hydrogen (secondary N) is 2. The molecule has 1 heterocycles. The quantitative estimate of drug-likeness (QED) is 0.537. The topological polar surface area (TPSA) is 70.7 Å². The summed E-state index contributed by atoms with van der Waals surface area (Å²) in [6, 6.07) is 25.9. The van der Waals surface area contributed by atoms with Crippen LogP contribution in [-0.2, 0) is 11.3 Å². The molecule has 0 bridgehead atoms. The number of carbonyl (C=O) groups excluding carboxylic acids is 2. The van der Waals surface area contributed by atoms with Gasteiger partial charge in [0.05, 0.1) is 12.2 Å². The number of benzene rings is 3. The van der Waals surface area contributed by atoms with Gasteiger partial charge in [-0.05, 0) is 54.9 Å². The number of ether oxygens (including phenoxy) is 1. The average Bonchev–Trinajstić information content (AvgIpc) is 2.87. The Morgan fingerprint density at radius 2 is 1.62 bits per heavy atom. The molecule has 0 spiro atoms. The fraction of sp³-hybridized carbons (Fsp3) is 0.286. The van der Waals surface area contributed by atoms with Crippen LogP contribution in [0.4, 0.5) is 16.2 Å². The number of hydrogen-bond acceptors (Lipinski definition) is 3. The van der Waals surface area contributed by atoms with Crippen molar-refractivity contribution in [3.05, 3.63) is 90.0 Å². The molecule has 34 heavy (non-hydrogen) atoms. The molecule has 174 valence electrons. The van der Waals surface area contributed by atoms with Crippen molar-refractivity contribution < 1.29 is 14.3 Å². The van der Waals surface area contributed by atoms with Crippen LogP contribution in [0.15, 0.2) is 78.9 Å². The minimum absolute atomic E-state index is 0.0138. The molecule has 0 aromatic heterocycles. The maximum Gasteiger partial charge on any atom is 0.319 e. The SMILES string of the molecule is O=C(Nc1ccc2c(c1)OCC(=O)N2Cc1ccccc1)NC1CCC(c2ccccc2)CC1. The molecule has 6 heteroatoms. The molecule has 2 N–H and O–H groups in total. The van der Waals surface area contributed by atoms with Gasteiger partial charge in [-0.3, -0.25) is 4.79 Å². The van der Waals surface area contributed by atoms with Crippen LogP contribution in [0.1, 0.15) is 42.7 Å². The van der Waals surface area contributed by atoms with Gasteiger partial charge in [-0.2, -0.15) is 0 Å². The number of rotatable bonds is 5. The molecule has 1 fully saturated rings. The molecule has 3 amide bonds. The third-order valence-electron chi connectivity index (χ3n) is 6.68. The van der Waals surface area contributed by atoms with Crippen molar-refractivity contribution in [3.63, 3.8) is 0 Å². The highest BCUT2D eigenvalue weighted by molar-refractivity contribution is 5.98. The van der Waals surface area contributed by atoms with Crippen LogP contribution in [0.2, 0.25) is 0 Å². The Hall–Kier alpha value is -3.80. The second-order valence-corrected chi connectivity index (χ2v) is 8.99. The predicted molar refractivity (Wildman–Crippen MR) is 133 cm³/mol. The van der Waals surface area contributed by atoms with Gasteiger partial charge < -0.3 is 20.3 Å². The van der Waals surface area contributed by atoms with E-state index < -0.39 is 0 Å². The monoisotopic (exact) mass is 455 g/mol. The van der Waals surface area contributed by atoms with Crippen molar-refractivity contribution in [2.24, 2.45) is 0 Å². The average molecular weight is 456 g/mol. The molecule has 1 aliphatic heterocycles. The van der Waals surface area contributed by atoms with Crippen molar-refractivity contribution in [3.8, 4) is 5.75 Å². The summed E-state index contributed by atoms with van der Waals surface area (Å²) < 4.78 is 5.67. The van der Waals surface area contributed by atoms with Gasteiger partial charge >= 0.3 is 6.03 Å². The summed E-state index contributed by atoms with van der Waals surface area (Å²) in [5.74, 6) is 1.08. The number of urea groups is 1. The normalized spacial score (nSPS) is 19.6. The van der Waals surface area contributed by atoms with Crippen LogP contribution in [0.5, 0.6) is 5.75 Å². The smallest absolute Gasteiger partial charge is 0.319 e. The number of carbonyl (C=O) groups is 2. The number of hydrogen-bond donors (Lipinski definition) is 2. The Kier molecular flexibility index (Phi) is 6.47. The van der Waals surface area contributed by atoms with E-state index in [0.29, 0.717) is 29.6 Å². The van der Waals surface area contributed by atoms with E-state index in [1.54, 1.807) is 11.0 Å². The Balaban J connectivity index is 1.18. The van der Waals surface area contributed by atoms with Crippen LogP contribution in [-0.4, -0.2) is 24.6 Å². The third-order valence-corrected chi connectivity index (χ3v) is 6.68. The third kappa shape index (κ3) is 5.06. The molecular formula is C28H29N3O3. The second kappa shape index (κ2) is 10.00. The fourth-order valence-electron chi connectivity index (χ4n) is 4.87. The fourth-order valence-corrected chi connectivity index (χ4v) is 4.87. The molecule has 1 aliphatic carbocycles. The molecule has 5 rings (SSSR count). The molecule has 0 saturated heterocycles. The lowest BCUT2D eigenvalue weighted by Gasteiger charge is -2.30. The van der Waals surface area contributed by atoms with Crippen molar-refractivity contribution in [1.82, 2.24) is 5.32 Å². The Morgan fingerprint density at radius 3 is 2.35 bits per heavy atom. The van der Waals surface area contributed by atoms with Crippen molar-refractivity contribution in [1.29, 1.82) is 0 Å². The van der Waals surface area contributed by atoms with Gasteiger partial charge in [0.15, 0.2) is 6.61 Å². The summed E-state index contributed by atoms with van der Waals surface area (Å²) >= 11 is 0. The first-order chi connectivity index (χ1) is 16.7. The molecule has 0 radical (unpaired) electrons. The summed E-state index contributed by atoms with van der Waals surface area (Å²) in [4.78, 5) is 26.8. The lowest BCUT2D eigenvalue weighted by atomic mass is 9.82. The highest BCUT2D eigenvalue weighted by atomic mass is 16.5. The highest BCUT2D eigenvalue weighted by Gasteiger charge is 2.27. The first kappa shape index (κ1) is 22.0. The zero-order valence-electron chi connectivity index (χ0n) is 19.1. The first-order valence-corrected chi connectivity index (χ1v) is 11.9. The van der Waals surface area contributed by atoms with E-state index >= 15 is 0 Å². The zero-order chi connectivity index (χ0) is 23.3. The maximum absolute atomic E-state index is 12.6. The lowest BCUT2D eigenvalue weighted by molar-refractivity contribution is -0.121. The highest BCUT2D eigenvalue weighted by Crippen LogP contribution is 2.36. The van der Waals surface area contributed by atoms with Crippen LogP contribution < -0.4 is 20.3 Å². The molecule has 0 unspecified atom stereocenters. The number of fused-ring (bicyclic) bond motifs is 1. The van der Waals surface area contributed by atoms with E-state index in [4.69, 9.17) is 4.74 Å². The number of anilines is 2. The van der Waals surface area contributed by atoms with Gasteiger partial charge in [0, 0.05) is 17.8 Å². The van der Waals surface area contributed by atoms with E-state index in [1.165, 1.54) is 5.56 Å². The lowest BCUT2D eigenvalue weighted by Crippen LogP contribution is -2.40. The Morgan fingerprint density at radius 1 is 0.912 bits per heavy atom. The molecular weight excluding hydrogens is 426 g/mol. The molecule has 6 nitrogen and oxygen atoms in total. The Labute approximate surface area is 199 Å². The van der Waals surface area contributed by atoms with Gasteiger partial charge in [-0.15, -0.1) is 0 Å². The van der Waals surface area contributed by atoms with Crippen LogP contribution in [0.25, 0.3) is 0 Å². The van der Waals surface area contributed by atoms with Gasteiger partial charge in [0.1, 0.15) is 5.75 Å². The van der Waals surface area contributed by atoms with Crippen molar-refractivity contribution >= 4 is 23.3 Å². The largest absolute Gasteiger partial charge is 0.481 e. The zero-order valence-corrected chi connectivity index (χ0v) is 19.1. The molecule has 3 aromatic carbocycles. The molecule has 1 saturated carbocycles. The second-order valence-electron chi connectivity index (χ2n) is 8.99. The van der Waals surface area contributed by atoms with Crippen LogP contribution in [0.3, 0.4) is 0 Å². The minimum atomic E-state index is -0.212. The maximum atomic E-state index is 12.6. The molecule has 2 aliphatic rings. The number of nitrogens with zero attached hydrogens (tertiary/aromatic N) is 1. The molecule has 3 aromatic rings. The predicted octanol–water partition coefficient (Wildman–Crippen LogP) is 5.46. The van der Waals surface area contributed by atoms with E-state index in [9.17, 15) is 9.59 Å². The summed E-state index contributed by atoms with van der Waals surface area (Å²) in [6.45, 7) is 0.467. The summed E-state index contributed by atoms with van der Waals surface area (Å²) in [7, 11) is 0. The van der Waals surface area contributed by atoms with Gasteiger partial charge in [0.2, 0.25) is 0 Å². The summed E-state index contributed by atoms with van der Waals surface area (Å²) in [5.41, 5.74) is 3.79. The Bertz CT molecular complexity index is 1140. The standard InChI is InChI=1S/C28H29N3O3/c32-27-19-34-26-17-24(15-16-25(26)31(27)18-20-7-3-1-4-8-20)30-28(33)29-23-13-11-22(12-14-23)21-9-5-2-6-10-21/h1-10,15-17,22-23H,11-14,18-19H2,(H2,29,30,33). The van der Waals surface area contributed by atoms with Crippen LogP contribution in [0, 0.1) is 0 Å². The van der Waals surface area contributed by atoms with Crippen molar-refractivity contribution in [2.45, 2.75) is 44.2 Å². The summed E-state index contributed by atoms with van der Waals surface area (Å²) in [5, 5.41) is 6.04. The van der Waals surface area contributed by atoms with E-state index in [-0.39, 0.29) is 24.6 Å². The van der Waals surface area contributed by atoms with E-state index in [2.05, 4.69) is 34.9 Å². The summed E-state index contributed by atoms with van der Waals surface area (Å²) in [6.07, 6.45) is 4.09. The number of amides is 3. The van der Waals surface area contributed by atoms with Crippen molar-refractivity contribution in [2.75, 3.05) is 16.8 Å². The first-order valence-electron chi connectivity index (χ1n) is 11.9.